The summed E-state index contributed by atoms with van der Waals surface area (Å²) in [6.07, 6.45) is 0.361. The first-order valence-electron chi connectivity index (χ1n) is 8.44. The maximum absolute atomic E-state index is 12.8. The van der Waals surface area contributed by atoms with E-state index < -0.39 is 15.9 Å². The van der Waals surface area contributed by atoms with Crippen LogP contribution < -0.4 is 10.1 Å². The summed E-state index contributed by atoms with van der Waals surface area (Å²) in [5.41, 5.74) is 0.984. The Morgan fingerprint density at radius 3 is 2.60 bits per heavy atom. The second-order valence-corrected chi connectivity index (χ2v) is 8.32. The van der Waals surface area contributed by atoms with E-state index in [4.69, 9.17) is 4.74 Å². The lowest BCUT2D eigenvalue weighted by molar-refractivity contribution is 0.122. The predicted molar refractivity (Wildman–Crippen MR) is 95.7 cm³/mol. The highest BCUT2D eigenvalue weighted by atomic mass is 32.2. The first-order chi connectivity index (χ1) is 12.0. The lowest BCUT2D eigenvalue weighted by atomic mass is 9.97. The van der Waals surface area contributed by atoms with E-state index in [-0.39, 0.29) is 22.3 Å². The fourth-order valence-corrected chi connectivity index (χ4v) is 4.31. The van der Waals surface area contributed by atoms with E-state index in [1.807, 2.05) is 6.07 Å². The highest BCUT2D eigenvalue weighted by Crippen LogP contribution is 2.34. The van der Waals surface area contributed by atoms with Crippen LogP contribution in [-0.4, -0.2) is 39.3 Å². The third-order valence-electron chi connectivity index (χ3n) is 4.33. The second-order valence-electron chi connectivity index (χ2n) is 6.37. The largest absolute Gasteiger partial charge is 0.491 e. The topological polar surface area (TPSA) is 75.6 Å². The van der Waals surface area contributed by atoms with Crippen LogP contribution in [0.3, 0.4) is 0 Å². The fourth-order valence-electron chi connectivity index (χ4n) is 3.01. The van der Waals surface area contributed by atoms with Gasteiger partial charge in [-0.05, 0) is 49.7 Å². The summed E-state index contributed by atoms with van der Waals surface area (Å²) >= 11 is 0. The molecule has 0 aromatic heterocycles. The van der Waals surface area contributed by atoms with Crippen molar-refractivity contribution in [3.8, 4) is 5.75 Å². The van der Waals surface area contributed by atoms with Crippen LogP contribution in [0.4, 0.5) is 0 Å². The van der Waals surface area contributed by atoms with Crippen molar-refractivity contribution >= 4 is 9.84 Å². The Morgan fingerprint density at radius 1 is 1.20 bits per heavy atom. The van der Waals surface area contributed by atoms with Gasteiger partial charge in [-0.2, -0.15) is 0 Å². The van der Waals surface area contributed by atoms with Gasteiger partial charge < -0.3 is 15.2 Å². The minimum Gasteiger partial charge on any atom is -0.491 e. The van der Waals surface area contributed by atoms with Gasteiger partial charge in [0.2, 0.25) is 9.84 Å². The predicted octanol–water partition coefficient (Wildman–Crippen LogP) is 2.36. The van der Waals surface area contributed by atoms with Crippen molar-refractivity contribution in [1.29, 1.82) is 0 Å². The molecule has 1 fully saturated rings. The molecule has 3 rings (SSSR count). The van der Waals surface area contributed by atoms with Crippen LogP contribution in [0.5, 0.6) is 5.75 Å². The van der Waals surface area contributed by atoms with E-state index in [9.17, 15) is 13.5 Å². The van der Waals surface area contributed by atoms with Gasteiger partial charge in [-0.15, -0.1) is 0 Å². The number of nitrogens with one attached hydrogen (secondary N) is 1. The maximum Gasteiger partial charge on any atom is 0.206 e. The van der Waals surface area contributed by atoms with Crippen molar-refractivity contribution in [1.82, 2.24) is 5.32 Å². The molecule has 0 aliphatic carbocycles. The van der Waals surface area contributed by atoms with Gasteiger partial charge in [-0.25, -0.2) is 8.42 Å². The molecular formula is C19H23NO4S. The lowest BCUT2D eigenvalue weighted by Crippen LogP contribution is -2.15. The highest BCUT2D eigenvalue weighted by Gasteiger charge is 2.24. The van der Waals surface area contributed by atoms with Crippen molar-refractivity contribution < 1.29 is 18.3 Å². The second kappa shape index (κ2) is 7.56. The van der Waals surface area contributed by atoms with Crippen molar-refractivity contribution in [2.75, 3.05) is 19.7 Å². The summed E-state index contributed by atoms with van der Waals surface area (Å²) in [4.78, 5) is 0.459. The number of ether oxygens (including phenoxy) is 1. The Morgan fingerprint density at radius 2 is 1.96 bits per heavy atom. The number of rotatable bonds is 6. The van der Waals surface area contributed by atoms with Gasteiger partial charge in [0.25, 0.3) is 0 Å². The number of hydrogen-bond donors (Lipinski definition) is 2. The summed E-state index contributed by atoms with van der Waals surface area (Å²) in [5.74, 6) is 0.823. The molecule has 0 bridgehead atoms. The van der Waals surface area contributed by atoms with Gasteiger partial charge in [0.05, 0.1) is 15.9 Å². The number of aliphatic hydroxyl groups excluding tert-OH is 1. The molecule has 1 unspecified atom stereocenters. The zero-order chi connectivity index (χ0) is 17.9. The standard InChI is InChI=1S/C19H23NO4S/c1-14(21)13-24-19-11-17(7-8-18(19)15-9-10-20-12-15)25(22,23)16-5-3-2-4-6-16/h2-8,11,14-15,20-21H,9-10,12-13H2,1H3/t14-,15?/m0/s1. The molecule has 25 heavy (non-hydrogen) atoms. The molecular weight excluding hydrogens is 338 g/mol. The van der Waals surface area contributed by atoms with Gasteiger partial charge in [0.15, 0.2) is 0 Å². The molecule has 0 saturated carbocycles. The van der Waals surface area contributed by atoms with Crippen LogP contribution in [0.15, 0.2) is 58.3 Å². The first kappa shape index (κ1) is 17.9. The van der Waals surface area contributed by atoms with E-state index in [1.165, 1.54) is 0 Å². The average Bonchev–Trinajstić information content (AvgIpc) is 3.15. The normalized spacial score (nSPS) is 18.9. The minimum absolute atomic E-state index is 0.127. The summed E-state index contributed by atoms with van der Waals surface area (Å²) in [6, 6.07) is 13.4. The van der Waals surface area contributed by atoms with Crippen LogP contribution in [0.25, 0.3) is 0 Å². The quantitative estimate of drug-likeness (QED) is 0.826. The molecule has 0 radical (unpaired) electrons. The monoisotopic (exact) mass is 361 g/mol. The van der Waals surface area contributed by atoms with E-state index in [0.29, 0.717) is 5.75 Å². The lowest BCUT2D eigenvalue weighted by Gasteiger charge is -2.18. The Kier molecular flexibility index (Phi) is 5.42. The van der Waals surface area contributed by atoms with E-state index >= 15 is 0 Å². The Balaban J connectivity index is 1.99. The van der Waals surface area contributed by atoms with Crippen molar-refractivity contribution in [2.45, 2.75) is 35.2 Å². The van der Waals surface area contributed by atoms with Crippen LogP contribution in [0.1, 0.15) is 24.8 Å². The van der Waals surface area contributed by atoms with Crippen molar-refractivity contribution in [3.63, 3.8) is 0 Å². The summed E-state index contributed by atoms with van der Waals surface area (Å²) in [7, 11) is -3.60. The molecule has 2 N–H and O–H groups in total. The zero-order valence-corrected chi connectivity index (χ0v) is 15.0. The maximum atomic E-state index is 12.8. The summed E-state index contributed by atoms with van der Waals surface area (Å²) in [6.45, 7) is 3.55. The van der Waals surface area contributed by atoms with Gasteiger partial charge in [-0.3, -0.25) is 0 Å². The fraction of sp³-hybridized carbons (Fsp3) is 0.368. The summed E-state index contributed by atoms with van der Waals surface area (Å²) in [5, 5.41) is 12.8. The molecule has 5 nitrogen and oxygen atoms in total. The molecule has 2 atom stereocenters. The van der Waals surface area contributed by atoms with E-state index in [2.05, 4.69) is 5.32 Å². The molecule has 0 amide bonds. The Hall–Kier alpha value is -1.89. The van der Waals surface area contributed by atoms with Crippen LogP contribution in [-0.2, 0) is 9.84 Å². The Labute approximate surface area is 148 Å². The van der Waals surface area contributed by atoms with Gasteiger partial charge >= 0.3 is 0 Å². The van der Waals surface area contributed by atoms with Crippen LogP contribution in [0.2, 0.25) is 0 Å². The number of aliphatic hydroxyl groups is 1. The van der Waals surface area contributed by atoms with E-state index in [1.54, 1.807) is 49.4 Å². The average molecular weight is 361 g/mol. The molecule has 1 saturated heterocycles. The van der Waals surface area contributed by atoms with Gasteiger partial charge in [0, 0.05) is 12.5 Å². The Bertz CT molecular complexity index is 813. The molecule has 2 aromatic carbocycles. The third kappa shape index (κ3) is 4.03. The van der Waals surface area contributed by atoms with Crippen molar-refractivity contribution in [2.24, 2.45) is 0 Å². The zero-order valence-electron chi connectivity index (χ0n) is 14.2. The molecule has 0 spiro atoms. The molecule has 134 valence electrons. The molecule has 6 heteroatoms. The number of benzene rings is 2. The molecule has 1 aliphatic rings. The minimum atomic E-state index is -3.60. The van der Waals surface area contributed by atoms with Crippen LogP contribution in [0, 0.1) is 0 Å². The van der Waals surface area contributed by atoms with Crippen molar-refractivity contribution in [3.05, 3.63) is 54.1 Å². The number of hydrogen-bond acceptors (Lipinski definition) is 5. The van der Waals surface area contributed by atoms with E-state index in [0.717, 1.165) is 25.1 Å². The molecule has 1 heterocycles. The highest BCUT2D eigenvalue weighted by molar-refractivity contribution is 7.91. The molecule has 1 aliphatic heterocycles. The SMILES string of the molecule is C[C@H](O)COc1cc(S(=O)(=O)c2ccccc2)ccc1C1CCNC1. The first-order valence-corrected chi connectivity index (χ1v) is 9.92. The van der Waals surface area contributed by atoms with Gasteiger partial charge in [0.1, 0.15) is 12.4 Å². The van der Waals surface area contributed by atoms with Crippen LogP contribution >= 0.6 is 0 Å². The number of sulfone groups is 1. The van der Waals surface area contributed by atoms with Gasteiger partial charge in [-0.1, -0.05) is 24.3 Å². The third-order valence-corrected chi connectivity index (χ3v) is 6.10. The summed E-state index contributed by atoms with van der Waals surface area (Å²) < 4.78 is 31.4. The molecule has 2 aromatic rings. The smallest absolute Gasteiger partial charge is 0.206 e.